The summed E-state index contributed by atoms with van der Waals surface area (Å²) in [4.78, 5) is 29.3. The van der Waals surface area contributed by atoms with Crippen molar-refractivity contribution in [3.63, 3.8) is 0 Å². The number of aromatic nitrogens is 3. The first-order valence-corrected chi connectivity index (χ1v) is 14.7. The number of anilines is 1. The number of furan rings is 1. The van der Waals surface area contributed by atoms with Crippen molar-refractivity contribution < 1.29 is 22.4 Å². The van der Waals surface area contributed by atoms with Gasteiger partial charge in [0.25, 0.3) is 5.91 Å². The van der Waals surface area contributed by atoms with Gasteiger partial charge in [-0.3, -0.25) is 14.5 Å². The number of nitrogens with zero attached hydrogens (tertiary/aromatic N) is 5. The second kappa shape index (κ2) is 11.6. The van der Waals surface area contributed by atoms with E-state index >= 15 is 0 Å². The van der Waals surface area contributed by atoms with Crippen molar-refractivity contribution in [2.45, 2.75) is 55.6 Å². The molecule has 40 heavy (non-hydrogen) atoms. The van der Waals surface area contributed by atoms with Crippen LogP contribution in [0, 0.1) is 0 Å². The van der Waals surface area contributed by atoms with Gasteiger partial charge in [0.05, 0.1) is 16.7 Å². The van der Waals surface area contributed by atoms with Crippen molar-refractivity contribution in [1.82, 2.24) is 24.6 Å². The van der Waals surface area contributed by atoms with Gasteiger partial charge in [0.2, 0.25) is 15.9 Å². The highest BCUT2D eigenvalue weighted by Crippen LogP contribution is 2.31. The van der Waals surface area contributed by atoms with Crippen LogP contribution in [0.1, 0.15) is 43.9 Å². The van der Waals surface area contributed by atoms with Crippen LogP contribution in [0.4, 0.5) is 5.69 Å². The highest BCUT2D eigenvalue weighted by molar-refractivity contribution is 7.89. The lowest BCUT2D eigenvalue weighted by atomic mass is 9.95. The second-order valence-corrected chi connectivity index (χ2v) is 12.2. The van der Waals surface area contributed by atoms with E-state index in [0.29, 0.717) is 16.7 Å². The molecule has 1 atom stereocenters. The molecule has 11 nitrogen and oxygen atoms in total. The fraction of sp³-hybridized carbons (Fsp3) is 0.357. The molecular weight excluding hydrogens is 532 g/mol. The molecule has 0 bridgehead atoms. The predicted molar refractivity (Wildman–Crippen MR) is 149 cm³/mol. The molecule has 1 aliphatic rings. The maximum atomic E-state index is 14.1. The summed E-state index contributed by atoms with van der Waals surface area (Å²) in [6.45, 7) is -0.202. The Kier molecular flexibility index (Phi) is 7.99. The maximum absolute atomic E-state index is 14.1. The second-order valence-electron chi connectivity index (χ2n) is 10.0. The predicted octanol–water partition coefficient (Wildman–Crippen LogP) is 3.50. The van der Waals surface area contributed by atoms with Crippen LogP contribution >= 0.6 is 0 Å². The third kappa shape index (κ3) is 5.63. The molecule has 2 aromatic carbocycles. The van der Waals surface area contributed by atoms with E-state index in [-0.39, 0.29) is 29.1 Å². The monoisotopic (exact) mass is 564 g/mol. The van der Waals surface area contributed by atoms with Gasteiger partial charge >= 0.3 is 0 Å². The van der Waals surface area contributed by atoms with Crippen LogP contribution < -0.4 is 10.2 Å². The number of amides is 2. The Morgan fingerprint density at radius 2 is 1.75 bits per heavy atom. The van der Waals surface area contributed by atoms with E-state index in [2.05, 4.69) is 15.6 Å². The molecule has 2 heterocycles. The number of nitrogens with one attached hydrogen (secondary N) is 1. The summed E-state index contributed by atoms with van der Waals surface area (Å²) in [5, 5.41) is 11.4. The highest BCUT2D eigenvalue weighted by atomic mass is 32.2. The van der Waals surface area contributed by atoms with Crippen LogP contribution in [0.15, 0.2) is 76.2 Å². The van der Waals surface area contributed by atoms with Gasteiger partial charge < -0.3 is 9.73 Å². The molecule has 1 saturated carbocycles. The Hall–Kier alpha value is -4.03. The topological polar surface area (TPSA) is 131 Å². The molecule has 1 fully saturated rings. The van der Waals surface area contributed by atoms with E-state index in [4.69, 9.17) is 4.42 Å². The van der Waals surface area contributed by atoms with Gasteiger partial charge in [-0.25, -0.2) is 17.4 Å². The Bertz CT molecular complexity index is 1570. The molecule has 0 radical (unpaired) electrons. The lowest BCUT2D eigenvalue weighted by Crippen LogP contribution is -2.48. The largest absolute Gasteiger partial charge is 0.467 e. The molecule has 5 rings (SSSR count). The molecule has 2 aromatic heterocycles. The lowest BCUT2D eigenvalue weighted by molar-refractivity contribution is -0.128. The van der Waals surface area contributed by atoms with E-state index < -0.39 is 22.0 Å². The SMILES string of the molecule is CN(C)S(=O)(=O)c1ccc(N(C(=O)Cn2nnc3ccccc32)C(C(=O)NC2CCCCC2)c2ccco2)cc1. The third-order valence-electron chi connectivity index (χ3n) is 7.14. The van der Waals surface area contributed by atoms with Gasteiger partial charge in [-0.15, -0.1) is 5.10 Å². The van der Waals surface area contributed by atoms with E-state index in [1.54, 1.807) is 18.2 Å². The summed E-state index contributed by atoms with van der Waals surface area (Å²) in [7, 11) is -0.797. The first kappa shape index (κ1) is 27.5. The zero-order valence-electron chi connectivity index (χ0n) is 22.4. The van der Waals surface area contributed by atoms with Crippen LogP contribution in [-0.2, 0) is 26.2 Å². The average molecular weight is 565 g/mol. The summed E-state index contributed by atoms with van der Waals surface area (Å²) in [5.41, 5.74) is 1.65. The lowest BCUT2D eigenvalue weighted by Gasteiger charge is -2.32. The van der Waals surface area contributed by atoms with Gasteiger partial charge in [0.1, 0.15) is 17.8 Å². The Morgan fingerprint density at radius 1 is 1.02 bits per heavy atom. The van der Waals surface area contributed by atoms with Crippen LogP contribution in [0.2, 0.25) is 0 Å². The average Bonchev–Trinajstić information content (AvgIpc) is 3.63. The number of sulfonamides is 1. The first-order chi connectivity index (χ1) is 19.3. The Labute approximate surface area is 232 Å². The molecule has 4 aromatic rings. The van der Waals surface area contributed by atoms with Crippen molar-refractivity contribution >= 4 is 38.6 Å². The number of hydrogen-bond donors (Lipinski definition) is 1. The molecule has 210 valence electrons. The Balaban J connectivity index is 1.55. The summed E-state index contributed by atoms with van der Waals surface area (Å²) >= 11 is 0. The third-order valence-corrected chi connectivity index (χ3v) is 8.97. The normalized spacial score (nSPS) is 15.3. The van der Waals surface area contributed by atoms with E-state index in [1.807, 2.05) is 18.2 Å². The Morgan fingerprint density at radius 3 is 2.42 bits per heavy atom. The number of carbonyl (C=O) groups excluding carboxylic acids is 2. The van der Waals surface area contributed by atoms with Crippen LogP contribution in [0.5, 0.6) is 0 Å². The van der Waals surface area contributed by atoms with Gasteiger partial charge in [-0.1, -0.05) is 36.6 Å². The molecule has 0 saturated heterocycles. The quantitative estimate of drug-likeness (QED) is 0.329. The summed E-state index contributed by atoms with van der Waals surface area (Å²) in [5.74, 6) is -0.530. The summed E-state index contributed by atoms with van der Waals surface area (Å²) < 4.78 is 33.6. The first-order valence-electron chi connectivity index (χ1n) is 13.2. The zero-order valence-corrected chi connectivity index (χ0v) is 23.3. The van der Waals surface area contributed by atoms with Crippen LogP contribution in [0.3, 0.4) is 0 Å². The maximum Gasteiger partial charge on any atom is 0.251 e. The molecule has 1 aliphatic carbocycles. The fourth-order valence-corrected chi connectivity index (χ4v) is 5.91. The van der Waals surface area contributed by atoms with Crippen molar-refractivity contribution in [1.29, 1.82) is 0 Å². The van der Waals surface area contributed by atoms with Gasteiger partial charge in [0, 0.05) is 25.8 Å². The minimum atomic E-state index is -3.69. The van der Waals surface area contributed by atoms with Crippen molar-refractivity contribution in [2.24, 2.45) is 0 Å². The van der Waals surface area contributed by atoms with Crippen molar-refractivity contribution in [2.75, 3.05) is 19.0 Å². The number of benzene rings is 2. The molecule has 0 spiro atoms. The molecule has 2 amide bonds. The van der Waals surface area contributed by atoms with E-state index in [9.17, 15) is 18.0 Å². The molecular formula is C28H32N6O5S. The van der Waals surface area contributed by atoms with Crippen LogP contribution in [-0.4, -0.2) is 59.7 Å². The van der Waals surface area contributed by atoms with Gasteiger partial charge in [0.15, 0.2) is 6.04 Å². The van der Waals surface area contributed by atoms with Gasteiger partial charge in [-0.05, 0) is 61.4 Å². The minimum absolute atomic E-state index is 0.00235. The van der Waals surface area contributed by atoms with E-state index in [1.165, 1.54) is 54.2 Å². The summed E-state index contributed by atoms with van der Waals surface area (Å²) in [6, 6.07) is 15.4. The molecule has 1 N–H and O–H groups in total. The number of para-hydroxylation sites is 1. The fourth-order valence-electron chi connectivity index (χ4n) is 5.01. The minimum Gasteiger partial charge on any atom is -0.467 e. The van der Waals surface area contributed by atoms with Crippen molar-refractivity contribution in [3.8, 4) is 0 Å². The zero-order chi connectivity index (χ0) is 28.3. The van der Waals surface area contributed by atoms with Gasteiger partial charge in [-0.2, -0.15) is 0 Å². The number of rotatable bonds is 9. The number of carbonyl (C=O) groups is 2. The van der Waals surface area contributed by atoms with E-state index in [0.717, 1.165) is 36.4 Å². The standard InChI is InChI=1S/C28H32N6O5S/c1-32(2)40(37,38)22-16-14-21(15-17-22)34(26(35)19-33-24-12-7-6-11-23(24)30-31-33)27(25-13-8-18-39-25)28(36)29-20-9-4-3-5-10-20/h6-8,11-18,20,27H,3-5,9-10,19H2,1-2H3,(H,29,36). The number of hydrogen-bond acceptors (Lipinski definition) is 7. The molecule has 0 aliphatic heterocycles. The summed E-state index contributed by atoms with van der Waals surface area (Å²) in [6.07, 6.45) is 6.38. The molecule has 12 heteroatoms. The number of fused-ring (bicyclic) bond motifs is 1. The van der Waals surface area contributed by atoms with Crippen LogP contribution in [0.25, 0.3) is 11.0 Å². The highest BCUT2D eigenvalue weighted by Gasteiger charge is 2.36. The van der Waals surface area contributed by atoms with Crippen molar-refractivity contribution in [3.05, 3.63) is 72.7 Å². The molecule has 1 unspecified atom stereocenters. The smallest absolute Gasteiger partial charge is 0.251 e.